The minimum atomic E-state index is -0.711. The van der Waals surface area contributed by atoms with Crippen molar-refractivity contribution in [2.24, 2.45) is 11.8 Å². The first kappa shape index (κ1) is 21.2. The number of nitrogens with zero attached hydrogens (tertiary/aromatic N) is 6. The molecule has 1 N–H and O–H groups in total. The molecule has 2 aromatic heterocycles. The Bertz CT molecular complexity index is 1190. The van der Waals surface area contributed by atoms with Crippen molar-refractivity contribution in [2.75, 3.05) is 23.3 Å². The number of aromatic nitrogens is 5. The van der Waals surface area contributed by atoms with Gasteiger partial charge in [0.2, 0.25) is 5.95 Å². The van der Waals surface area contributed by atoms with Crippen LogP contribution in [0.4, 0.5) is 20.5 Å². The fourth-order valence-corrected chi connectivity index (χ4v) is 5.62. The number of rotatable bonds is 5. The van der Waals surface area contributed by atoms with E-state index < -0.39 is 17.7 Å². The monoisotopic (exact) mass is 467 g/mol. The van der Waals surface area contributed by atoms with Crippen LogP contribution in [-0.4, -0.2) is 43.9 Å². The lowest BCUT2D eigenvalue weighted by molar-refractivity contribution is 0.149. The maximum absolute atomic E-state index is 14.1. The van der Waals surface area contributed by atoms with Gasteiger partial charge in [-0.25, -0.2) is 23.4 Å². The third-order valence-corrected chi connectivity index (χ3v) is 7.23. The maximum atomic E-state index is 14.1. The third-order valence-electron chi connectivity index (χ3n) is 7.23. The largest absolute Gasteiger partial charge is 0.479 e. The molecule has 10 heteroatoms. The van der Waals surface area contributed by atoms with Crippen LogP contribution in [0.1, 0.15) is 43.3 Å². The maximum Gasteiger partial charge on any atom is 0.242 e. The summed E-state index contributed by atoms with van der Waals surface area (Å²) in [5, 5.41) is 8.29. The van der Waals surface area contributed by atoms with Gasteiger partial charge in [0.1, 0.15) is 18.0 Å². The molecule has 2 bridgehead atoms. The molecule has 178 valence electrons. The molecular weight excluding hydrogens is 440 g/mol. The van der Waals surface area contributed by atoms with Crippen molar-refractivity contribution in [2.45, 2.75) is 51.3 Å². The predicted octanol–water partition coefficient (Wildman–Crippen LogP) is 3.90. The second-order valence-corrected chi connectivity index (χ2v) is 9.53. The second-order valence-electron chi connectivity index (χ2n) is 9.53. The zero-order valence-electron chi connectivity index (χ0n) is 19.0. The Kier molecular flexibility index (Phi) is 5.30. The van der Waals surface area contributed by atoms with E-state index in [9.17, 15) is 8.78 Å². The van der Waals surface area contributed by atoms with Gasteiger partial charge in [0.05, 0.1) is 0 Å². The lowest BCUT2D eigenvalue weighted by atomic mass is 9.92. The van der Waals surface area contributed by atoms with Crippen LogP contribution in [0.25, 0.3) is 0 Å². The zero-order valence-corrected chi connectivity index (χ0v) is 19.0. The van der Waals surface area contributed by atoms with E-state index in [-0.39, 0.29) is 5.75 Å². The molecule has 1 saturated heterocycles. The topological polar surface area (TPSA) is 81.0 Å². The number of ether oxygens (including phenoxy) is 1. The van der Waals surface area contributed by atoms with E-state index in [4.69, 9.17) is 9.72 Å². The van der Waals surface area contributed by atoms with Gasteiger partial charge in [-0.1, -0.05) is 0 Å². The molecule has 8 nitrogen and oxygen atoms in total. The summed E-state index contributed by atoms with van der Waals surface area (Å²) in [4.78, 5) is 15.8. The highest BCUT2D eigenvalue weighted by atomic mass is 19.1. The summed E-state index contributed by atoms with van der Waals surface area (Å²) in [6, 6.07) is 5.70. The molecule has 34 heavy (non-hydrogen) atoms. The number of hydrogen-bond acceptors (Lipinski definition) is 7. The number of halogens is 2. The van der Waals surface area contributed by atoms with Gasteiger partial charge in [0.15, 0.2) is 23.5 Å². The lowest BCUT2D eigenvalue weighted by Crippen LogP contribution is -2.48. The molecule has 6 rings (SSSR count). The first-order valence-electron chi connectivity index (χ1n) is 11.9. The SMILES string of the molecule is Cc1cc(N2C[C@H]3CC[C@@H](C2)C3Nc2nc3n(n2)CCC[C@@H]3Oc2ccc(F)cc2F)ncn1. The summed E-state index contributed by atoms with van der Waals surface area (Å²) >= 11 is 0. The van der Waals surface area contributed by atoms with Crippen LogP contribution in [0.5, 0.6) is 5.75 Å². The van der Waals surface area contributed by atoms with Crippen LogP contribution >= 0.6 is 0 Å². The summed E-state index contributed by atoms with van der Waals surface area (Å²) in [5.74, 6) is 1.92. The quantitative estimate of drug-likeness (QED) is 0.610. The van der Waals surface area contributed by atoms with E-state index in [1.165, 1.54) is 12.1 Å². The van der Waals surface area contributed by atoms with Crippen LogP contribution in [0.3, 0.4) is 0 Å². The van der Waals surface area contributed by atoms with Gasteiger partial charge in [0.25, 0.3) is 0 Å². The number of anilines is 2. The molecule has 3 aromatic rings. The molecule has 4 atom stereocenters. The van der Waals surface area contributed by atoms with Gasteiger partial charge in [-0.15, -0.1) is 5.10 Å². The summed E-state index contributed by atoms with van der Waals surface area (Å²) in [5.41, 5.74) is 0.975. The lowest BCUT2D eigenvalue weighted by Gasteiger charge is -2.38. The third kappa shape index (κ3) is 3.95. The van der Waals surface area contributed by atoms with Gasteiger partial charge in [-0.05, 0) is 56.6 Å². The summed E-state index contributed by atoms with van der Waals surface area (Å²) in [6.07, 6.45) is 5.09. The summed E-state index contributed by atoms with van der Waals surface area (Å²) in [6.45, 7) is 4.61. The minimum Gasteiger partial charge on any atom is -0.479 e. The minimum absolute atomic E-state index is 0.0303. The van der Waals surface area contributed by atoms with Crippen molar-refractivity contribution in [3.8, 4) is 5.75 Å². The van der Waals surface area contributed by atoms with Gasteiger partial charge >= 0.3 is 0 Å². The molecule has 2 aliphatic heterocycles. The van der Waals surface area contributed by atoms with Gasteiger partial charge in [0, 0.05) is 43.5 Å². The Morgan fingerprint density at radius 1 is 1.06 bits per heavy atom. The Labute approximate surface area is 196 Å². The molecule has 1 aliphatic carbocycles. The van der Waals surface area contributed by atoms with E-state index in [0.717, 1.165) is 56.5 Å². The fourth-order valence-electron chi connectivity index (χ4n) is 5.62. The molecule has 3 aliphatic rings. The molecule has 1 unspecified atom stereocenters. The molecule has 1 aromatic carbocycles. The van der Waals surface area contributed by atoms with Gasteiger partial charge in [-0.3, -0.25) is 0 Å². The van der Waals surface area contributed by atoms with E-state index >= 15 is 0 Å². The number of benzene rings is 1. The molecule has 0 spiro atoms. The number of nitrogens with one attached hydrogen (secondary N) is 1. The first-order chi connectivity index (χ1) is 16.5. The van der Waals surface area contributed by atoms with E-state index in [0.29, 0.717) is 36.1 Å². The number of aryl methyl sites for hydroxylation is 2. The predicted molar refractivity (Wildman–Crippen MR) is 122 cm³/mol. The Morgan fingerprint density at radius 3 is 2.65 bits per heavy atom. The fraction of sp³-hybridized carbons (Fsp3) is 0.500. The van der Waals surface area contributed by atoms with Crippen molar-refractivity contribution >= 4 is 11.8 Å². The number of hydrogen-bond donors (Lipinski definition) is 1. The molecule has 0 amide bonds. The van der Waals surface area contributed by atoms with Crippen molar-refractivity contribution in [1.82, 2.24) is 24.7 Å². The highest BCUT2D eigenvalue weighted by molar-refractivity contribution is 5.41. The number of fused-ring (bicyclic) bond motifs is 3. The Morgan fingerprint density at radius 2 is 1.88 bits per heavy atom. The summed E-state index contributed by atoms with van der Waals surface area (Å²) in [7, 11) is 0. The van der Waals surface area contributed by atoms with Crippen LogP contribution in [0, 0.1) is 30.4 Å². The zero-order chi connectivity index (χ0) is 23.2. The average Bonchev–Trinajstić information content (AvgIpc) is 3.32. The van der Waals surface area contributed by atoms with Crippen LogP contribution in [-0.2, 0) is 6.54 Å². The first-order valence-corrected chi connectivity index (χ1v) is 11.9. The molecule has 0 radical (unpaired) electrons. The Hall–Kier alpha value is -3.30. The molecule has 2 fully saturated rings. The van der Waals surface area contributed by atoms with Crippen LogP contribution in [0.2, 0.25) is 0 Å². The standard InChI is InChI=1S/C24H27F2N7O/c1-14-9-21(28-13-27-14)32-11-15-4-5-16(12-32)22(15)29-24-30-23-20(3-2-8-33(23)31-24)34-19-7-6-17(25)10-18(19)26/h6-7,9-10,13,15-16,20,22H,2-5,8,11-12H2,1H3,(H,29,31)/t15-,16+,20-,22?/m0/s1. The summed E-state index contributed by atoms with van der Waals surface area (Å²) < 4.78 is 35.1. The van der Waals surface area contributed by atoms with Crippen molar-refractivity contribution in [1.29, 1.82) is 0 Å². The highest BCUT2D eigenvalue weighted by Gasteiger charge is 2.43. The second kappa shape index (κ2) is 8.48. The average molecular weight is 468 g/mol. The van der Waals surface area contributed by atoms with Crippen molar-refractivity contribution in [3.63, 3.8) is 0 Å². The van der Waals surface area contributed by atoms with E-state index in [1.54, 1.807) is 6.33 Å². The molecule has 1 saturated carbocycles. The Balaban J connectivity index is 1.17. The molecule has 4 heterocycles. The van der Waals surface area contributed by atoms with E-state index in [1.807, 2.05) is 17.7 Å². The normalized spacial score (nSPS) is 25.8. The van der Waals surface area contributed by atoms with Crippen molar-refractivity contribution < 1.29 is 13.5 Å². The number of piperidine rings is 1. The highest BCUT2D eigenvalue weighted by Crippen LogP contribution is 2.40. The molecular formula is C24H27F2N7O. The van der Waals surface area contributed by atoms with Gasteiger partial charge < -0.3 is 15.0 Å². The van der Waals surface area contributed by atoms with Crippen LogP contribution in [0.15, 0.2) is 30.6 Å². The smallest absolute Gasteiger partial charge is 0.242 e. The van der Waals surface area contributed by atoms with Gasteiger partial charge in [-0.2, -0.15) is 4.98 Å². The van der Waals surface area contributed by atoms with E-state index in [2.05, 4.69) is 25.3 Å². The van der Waals surface area contributed by atoms with Crippen LogP contribution < -0.4 is 15.0 Å². The van der Waals surface area contributed by atoms with Crippen molar-refractivity contribution in [3.05, 3.63) is 53.7 Å².